The van der Waals surface area contributed by atoms with Crippen LogP contribution in [0.4, 0.5) is 0 Å². The third-order valence-electron chi connectivity index (χ3n) is 3.86. The Balaban J connectivity index is 2.15. The Morgan fingerprint density at radius 1 is 1.31 bits per heavy atom. The number of likely N-dealkylation sites (tertiary alicyclic amines) is 1. The summed E-state index contributed by atoms with van der Waals surface area (Å²) in [5.74, 6) is 0.893. The number of nitrogens with one attached hydrogen (secondary N) is 1. The predicted octanol–water partition coefficient (Wildman–Crippen LogP) is 2.89. The van der Waals surface area contributed by atoms with Crippen LogP contribution in [0.15, 0.2) is 0 Å². The molecule has 0 aliphatic carbocycles. The summed E-state index contributed by atoms with van der Waals surface area (Å²) in [6.45, 7) is 13.0. The number of hydrogen-bond donors (Lipinski definition) is 1. The zero-order chi connectivity index (χ0) is 12.0. The largest absolute Gasteiger partial charge is 0.313 e. The van der Waals surface area contributed by atoms with Crippen molar-refractivity contribution in [3.63, 3.8) is 0 Å². The number of hydrogen-bond acceptors (Lipinski definition) is 2. The van der Waals surface area contributed by atoms with E-state index in [1.807, 2.05) is 0 Å². The first-order valence-corrected chi connectivity index (χ1v) is 7.11. The summed E-state index contributed by atoms with van der Waals surface area (Å²) >= 11 is 0. The lowest BCUT2D eigenvalue weighted by Crippen LogP contribution is -2.45. The molecule has 2 heteroatoms. The highest BCUT2D eigenvalue weighted by molar-refractivity contribution is 4.77. The number of nitrogens with zero attached hydrogens (tertiary/aromatic N) is 1. The fraction of sp³-hybridized carbons (Fsp3) is 1.00. The Kier molecular flexibility index (Phi) is 6.37. The first kappa shape index (κ1) is 14.0. The van der Waals surface area contributed by atoms with Gasteiger partial charge in [-0.15, -0.1) is 0 Å². The van der Waals surface area contributed by atoms with Gasteiger partial charge in [-0.1, -0.05) is 20.3 Å². The normalized spacial score (nSPS) is 29.2. The SMILES string of the molecule is CCCC(C)NCCN1CC(C)CCC1C. The maximum atomic E-state index is 3.62. The lowest BCUT2D eigenvalue weighted by molar-refractivity contribution is 0.125. The maximum Gasteiger partial charge on any atom is 0.0110 e. The molecule has 1 fully saturated rings. The van der Waals surface area contributed by atoms with Gasteiger partial charge in [-0.3, -0.25) is 4.90 Å². The zero-order valence-electron chi connectivity index (χ0n) is 11.6. The fourth-order valence-corrected chi connectivity index (χ4v) is 2.68. The van der Waals surface area contributed by atoms with Gasteiger partial charge in [0.2, 0.25) is 0 Å². The van der Waals surface area contributed by atoms with Gasteiger partial charge in [0.05, 0.1) is 0 Å². The van der Waals surface area contributed by atoms with Crippen LogP contribution in [0.25, 0.3) is 0 Å². The van der Waals surface area contributed by atoms with Gasteiger partial charge in [0.15, 0.2) is 0 Å². The monoisotopic (exact) mass is 226 g/mol. The molecule has 1 rings (SSSR count). The van der Waals surface area contributed by atoms with Crippen molar-refractivity contribution in [1.29, 1.82) is 0 Å². The molecule has 96 valence electrons. The fourth-order valence-electron chi connectivity index (χ4n) is 2.68. The van der Waals surface area contributed by atoms with Gasteiger partial charge < -0.3 is 5.32 Å². The third kappa shape index (κ3) is 4.84. The Morgan fingerprint density at radius 3 is 2.75 bits per heavy atom. The van der Waals surface area contributed by atoms with Crippen molar-refractivity contribution in [2.75, 3.05) is 19.6 Å². The molecule has 0 radical (unpaired) electrons. The second kappa shape index (κ2) is 7.29. The molecule has 0 aromatic heterocycles. The zero-order valence-corrected chi connectivity index (χ0v) is 11.6. The summed E-state index contributed by atoms with van der Waals surface area (Å²) in [4.78, 5) is 2.65. The summed E-state index contributed by atoms with van der Waals surface area (Å²) in [5.41, 5.74) is 0. The molecule has 0 aromatic carbocycles. The second-order valence-electron chi connectivity index (χ2n) is 5.67. The molecule has 1 N–H and O–H groups in total. The molecule has 3 unspecified atom stereocenters. The van der Waals surface area contributed by atoms with Crippen LogP contribution in [0, 0.1) is 5.92 Å². The number of rotatable bonds is 6. The van der Waals surface area contributed by atoms with Crippen LogP contribution < -0.4 is 5.32 Å². The van der Waals surface area contributed by atoms with Crippen molar-refractivity contribution in [1.82, 2.24) is 10.2 Å². The molecule has 0 amide bonds. The first-order chi connectivity index (χ1) is 7.63. The molecule has 3 atom stereocenters. The highest BCUT2D eigenvalue weighted by Gasteiger charge is 2.21. The van der Waals surface area contributed by atoms with E-state index in [0.29, 0.717) is 6.04 Å². The van der Waals surface area contributed by atoms with Crippen LogP contribution in [0.3, 0.4) is 0 Å². The third-order valence-corrected chi connectivity index (χ3v) is 3.86. The minimum Gasteiger partial charge on any atom is -0.313 e. The molecular weight excluding hydrogens is 196 g/mol. The summed E-state index contributed by atoms with van der Waals surface area (Å²) < 4.78 is 0. The molecule has 1 aliphatic heterocycles. The van der Waals surface area contributed by atoms with E-state index in [0.717, 1.165) is 18.5 Å². The van der Waals surface area contributed by atoms with Crippen molar-refractivity contribution in [3.8, 4) is 0 Å². The molecule has 0 bridgehead atoms. The van der Waals surface area contributed by atoms with Crippen molar-refractivity contribution < 1.29 is 0 Å². The molecule has 1 saturated heterocycles. The van der Waals surface area contributed by atoms with Crippen molar-refractivity contribution in [2.24, 2.45) is 5.92 Å². The van der Waals surface area contributed by atoms with Crippen LogP contribution >= 0.6 is 0 Å². The molecular formula is C14H30N2. The predicted molar refractivity (Wildman–Crippen MR) is 71.8 cm³/mol. The first-order valence-electron chi connectivity index (χ1n) is 7.11. The van der Waals surface area contributed by atoms with Crippen LogP contribution in [-0.4, -0.2) is 36.6 Å². The van der Waals surface area contributed by atoms with Crippen LogP contribution in [0.5, 0.6) is 0 Å². The minimum absolute atomic E-state index is 0.683. The average Bonchev–Trinajstić information content (AvgIpc) is 2.23. The molecule has 16 heavy (non-hydrogen) atoms. The van der Waals surface area contributed by atoms with E-state index in [4.69, 9.17) is 0 Å². The van der Waals surface area contributed by atoms with E-state index in [2.05, 4.69) is 37.9 Å². The van der Waals surface area contributed by atoms with E-state index < -0.39 is 0 Å². The van der Waals surface area contributed by atoms with Gasteiger partial charge in [-0.05, 0) is 39.0 Å². The smallest absolute Gasteiger partial charge is 0.0110 e. The van der Waals surface area contributed by atoms with Gasteiger partial charge >= 0.3 is 0 Å². The molecule has 1 aliphatic rings. The lowest BCUT2D eigenvalue weighted by Gasteiger charge is -2.37. The lowest BCUT2D eigenvalue weighted by atomic mass is 9.95. The van der Waals surface area contributed by atoms with Crippen molar-refractivity contribution in [3.05, 3.63) is 0 Å². The van der Waals surface area contributed by atoms with E-state index in [9.17, 15) is 0 Å². The quantitative estimate of drug-likeness (QED) is 0.749. The summed E-state index contributed by atoms with van der Waals surface area (Å²) in [6.07, 6.45) is 5.38. The molecule has 0 aromatic rings. The highest BCUT2D eigenvalue weighted by Crippen LogP contribution is 2.20. The molecule has 0 saturated carbocycles. The second-order valence-corrected chi connectivity index (χ2v) is 5.67. The van der Waals surface area contributed by atoms with Gasteiger partial charge in [-0.25, -0.2) is 0 Å². The van der Waals surface area contributed by atoms with Crippen LogP contribution in [0.1, 0.15) is 53.4 Å². The van der Waals surface area contributed by atoms with Gasteiger partial charge in [-0.2, -0.15) is 0 Å². The van der Waals surface area contributed by atoms with E-state index in [1.165, 1.54) is 38.8 Å². The maximum absolute atomic E-state index is 3.62. The van der Waals surface area contributed by atoms with Crippen LogP contribution in [0.2, 0.25) is 0 Å². The Morgan fingerprint density at radius 2 is 2.06 bits per heavy atom. The summed E-state index contributed by atoms with van der Waals surface area (Å²) in [5, 5.41) is 3.62. The summed E-state index contributed by atoms with van der Waals surface area (Å²) in [7, 11) is 0. The Bertz CT molecular complexity index is 182. The van der Waals surface area contributed by atoms with Gasteiger partial charge in [0, 0.05) is 31.7 Å². The molecule has 1 heterocycles. The van der Waals surface area contributed by atoms with Crippen LogP contribution in [-0.2, 0) is 0 Å². The number of piperidine rings is 1. The van der Waals surface area contributed by atoms with Gasteiger partial charge in [0.1, 0.15) is 0 Å². The van der Waals surface area contributed by atoms with E-state index >= 15 is 0 Å². The standard InChI is InChI=1S/C14H30N2/c1-5-6-13(3)15-9-10-16-11-12(2)7-8-14(16)4/h12-15H,5-11H2,1-4H3. The van der Waals surface area contributed by atoms with Crippen molar-refractivity contribution in [2.45, 2.75) is 65.5 Å². The average molecular weight is 226 g/mol. The highest BCUT2D eigenvalue weighted by atomic mass is 15.2. The Hall–Kier alpha value is -0.0800. The van der Waals surface area contributed by atoms with Gasteiger partial charge in [0.25, 0.3) is 0 Å². The summed E-state index contributed by atoms with van der Waals surface area (Å²) in [6, 6.07) is 1.47. The Labute approximate surface area is 102 Å². The topological polar surface area (TPSA) is 15.3 Å². The molecule has 2 nitrogen and oxygen atoms in total. The minimum atomic E-state index is 0.683. The van der Waals surface area contributed by atoms with Crippen molar-refractivity contribution >= 4 is 0 Å². The molecule has 0 spiro atoms. The van der Waals surface area contributed by atoms with E-state index in [1.54, 1.807) is 0 Å². The van der Waals surface area contributed by atoms with E-state index in [-0.39, 0.29) is 0 Å².